The molecular weight excluding hydrogens is 286 g/mol. The van der Waals surface area contributed by atoms with E-state index in [2.05, 4.69) is 19.2 Å². The van der Waals surface area contributed by atoms with Gasteiger partial charge in [-0.1, -0.05) is 31.9 Å². The summed E-state index contributed by atoms with van der Waals surface area (Å²) in [6.07, 6.45) is 6.17. The third-order valence-electron chi connectivity index (χ3n) is 4.41. The van der Waals surface area contributed by atoms with Crippen LogP contribution in [0.15, 0.2) is 12.1 Å². The minimum atomic E-state index is 0.456. The molecule has 1 aromatic rings. The van der Waals surface area contributed by atoms with E-state index in [1.165, 1.54) is 32.1 Å². The Bertz CT molecular complexity index is 488. The molecule has 0 saturated heterocycles. The van der Waals surface area contributed by atoms with Crippen molar-refractivity contribution in [3.05, 3.63) is 17.2 Å². The fourth-order valence-electron chi connectivity index (χ4n) is 2.99. The van der Waals surface area contributed by atoms with Gasteiger partial charge in [0.2, 0.25) is 0 Å². The van der Waals surface area contributed by atoms with E-state index in [1.807, 2.05) is 12.1 Å². The number of nitrogens with one attached hydrogen (secondary N) is 1. The van der Waals surface area contributed by atoms with Crippen LogP contribution in [0.1, 0.15) is 46.0 Å². The summed E-state index contributed by atoms with van der Waals surface area (Å²) in [5.41, 5.74) is 1.39. The molecule has 1 N–H and O–H groups in total. The molecule has 1 saturated carbocycles. The number of methoxy groups -OCH3 is 2. The maximum absolute atomic E-state index is 6.36. The highest BCUT2D eigenvalue weighted by atomic mass is 35.5. The summed E-state index contributed by atoms with van der Waals surface area (Å²) in [7, 11) is 3.26. The van der Waals surface area contributed by atoms with E-state index in [0.29, 0.717) is 28.0 Å². The van der Waals surface area contributed by atoms with E-state index in [4.69, 9.17) is 21.1 Å². The molecule has 0 radical (unpaired) electrons. The number of hydrogen-bond acceptors (Lipinski definition) is 3. The van der Waals surface area contributed by atoms with Gasteiger partial charge in [-0.2, -0.15) is 0 Å². The van der Waals surface area contributed by atoms with Crippen LogP contribution in [0.3, 0.4) is 0 Å². The molecule has 1 aliphatic carbocycles. The summed E-state index contributed by atoms with van der Waals surface area (Å²) in [4.78, 5) is 0. The molecule has 1 aliphatic rings. The maximum Gasteiger partial charge on any atom is 0.162 e. The smallest absolute Gasteiger partial charge is 0.162 e. The van der Waals surface area contributed by atoms with E-state index < -0.39 is 0 Å². The second-order valence-corrected chi connectivity index (χ2v) is 7.03. The molecular formula is C17H26ClNO2. The Kier molecular flexibility index (Phi) is 5.26. The van der Waals surface area contributed by atoms with Crippen molar-refractivity contribution in [3.63, 3.8) is 0 Å². The number of rotatable bonds is 4. The first kappa shape index (κ1) is 16.3. The summed E-state index contributed by atoms with van der Waals surface area (Å²) in [5, 5.41) is 4.26. The largest absolute Gasteiger partial charge is 0.493 e. The van der Waals surface area contributed by atoms with Crippen LogP contribution < -0.4 is 14.8 Å². The van der Waals surface area contributed by atoms with Gasteiger partial charge >= 0.3 is 0 Å². The van der Waals surface area contributed by atoms with Crippen LogP contribution in [0.2, 0.25) is 5.02 Å². The Hall–Kier alpha value is -1.09. The molecule has 1 atom stereocenters. The van der Waals surface area contributed by atoms with Crippen LogP contribution >= 0.6 is 11.6 Å². The fourth-order valence-corrected chi connectivity index (χ4v) is 3.20. The van der Waals surface area contributed by atoms with Crippen LogP contribution in [-0.4, -0.2) is 20.3 Å². The Labute approximate surface area is 133 Å². The Morgan fingerprint density at radius 2 is 1.76 bits per heavy atom. The maximum atomic E-state index is 6.36. The van der Waals surface area contributed by atoms with Crippen molar-refractivity contribution in [2.45, 2.75) is 52.0 Å². The molecule has 0 aromatic heterocycles. The van der Waals surface area contributed by atoms with E-state index in [1.54, 1.807) is 14.2 Å². The van der Waals surface area contributed by atoms with Crippen molar-refractivity contribution in [1.29, 1.82) is 0 Å². The third kappa shape index (κ3) is 4.19. The highest BCUT2D eigenvalue weighted by molar-refractivity contribution is 6.33. The van der Waals surface area contributed by atoms with Crippen molar-refractivity contribution in [2.75, 3.05) is 19.5 Å². The lowest BCUT2D eigenvalue weighted by molar-refractivity contribution is 0.313. The standard InChI is InChI=1S/C17H26ClNO2/c1-17(2)8-5-6-12(7-9-17)19-14-11-16(21-4)15(20-3)10-13(14)18/h10-12,19H,5-9H2,1-4H3. The lowest BCUT2D eigenvalue weighted by Gasteiger charge is -2.23. The Morgan fingerprint density at radius 3 is 2.43 bits per heavy atom. The van der Waals surface area contributed by atoms with Crippen molar-refractivity contribution in [3.8, 4) is 11.5 Å². The summed E-state index contributed by atoms with van der Waals surface area (Å²) in [6.45, 7) is 4.72. The minimum absolute atomic E-state index is 0.456. The summed E-state index contributed by atoms with van der Waals surface area (Å²) in [6, 6.07) is 4.21. The predicted molar refractivity (Wildman–Crippen MR) is 88.8 cm³/mol. The molecule has 1 aromatic carbocycles. The van der Waals surface area contributed by atoms with Gasteiger partial charge < -0.3 is 14.8 Å². The molecule has 0 amide bonds. The molecule has 1 unspecified atom stereocenters. The topological polar surface area (TPSA) is 30.5 Å². The summed E-state index contributed by atoms with van der Waals surface area (Å²) >= 11 is 6.36. The zero-order chi connectivity index (χ0) is 15.5. The van der Waals surface area contributed by atoms with Crippen LogP contribution in [-0.2, 0) is 0 Å². The predicted octanol–water partition coefficient (Wildman–Crippen LogP) is 5.13. The highest BCUT2D eigenvalue weighted by Crippen LogP contribution is 2.39. The van der Waals surface area contributed by atoms with Gasteiger partial charge in [0.1, 0.15) is 0 Å². The van der Waals surface area contributed by atoms with Crippen LogP contribution in [0, 0.1) is 5.41 Å². The van der Waals surface area contributed by atoms with Gasteiger partial charge in [-0.05, 0) is 31.1 Å². The van der Waals surface area contributed by atoms with Crippen molar-refractivity contribution in [1.82, 2.24) is 0 Å². The van der Waals surface area contributed by atoms with Gasteiger partial charge in [-0.3, -0.25) is 0 Å². The highest BCUT2D eigenvalue weighted by Gasteiger charge is 2.24. The van der Waals surface area contributed by atoms with Gasteiger partial charge in [0, 0.05) is 18.2 Å². The van der Waals surface area contributed by atoms with Crippen LogP contribution in [0.25, 0.3) is 0 Å². The lowest BCUT2D eigenvalue weighted by atomic mass is 9.85. The molecule has 0 bridgehead atoms. The molecule has 0 spiro atoms. The average Bonchev–Trinajstić information content (AvgIpc) is 2.61. The zero-order valence-corrected chi connectivity index (χ0v) is 14.2. The van der Waals surface area contributed by atoms with Crippen LogP contribution in [0.4, 0.5) is 5.69 Å². The quantitative estimate of drug-likeness (QED) is 0.782. The first-order valence-electron chi connectivity index (χ1n) is 7.63. The monoisotopic (exact) mass is 311 g/mol. The van der Waals surface area contributed by atoms with E-state index in [0.717, 1.165) is 5.69 Å². The average molecular weight is 312 g/mol. The number of benzene rings is 1. The van der Waals surface area contributed by atoms with Crippen molar-refractivity contribution in [2.24, 2.45) is 5.41 Å². The van der Waals surface area contributed by atoms with Crippen LogP contribution in [0.5, 0.6) is 11.5 Å². The van der Waals surface area contributed by atoms with Gasteiger partial charge in [0.15, 0.2) is 11.5 Å². The molecule has 3 nitrogen and oxygen atoms in total. The Morgan fingerprint density at radius 1 is 1.10 bits per heavy atom. The van der Waals surface area contributed by atoms with Gasteiger partial charge in [-0.15, -0.1) is 0 Å². The van der Waals surface area contributed by atoms with E-state index in [-0.39, 0.29) is 0 Å². The molecule has 0 heterocycles. The normalized spacial score (nSPS) is 21.5. The number of halogens is 1. The minimum Gasteiger partial charge on any atom is -0.493 e. The van der Waals surface area contributed by atoms with Crippen molar-refractivity contribution >= 4 is 17.3 Å². The third-order valence-corrected chi connectivity index (χ3v) is 4.72. The fraction of sp³-hybridized carbons (Fsp3) is 0.647. The second kappa shape index (κ2) is 6.78. The van der Waals surface area contributed by atoms with Gasteiger partial charge in [0.25, 0.3) is 0 Å². The lowest BCUT2D eigenvalue weighted by Crippen LogP contribution is -2.19. The molecule has 2 rings (SSSR count). The van der Waals surface area contributed by atoms with Gasteiger partial charge in [0.05, 0.1) is 24.9 Å². The molecule has 4 heteroatoms. The second-order valence-electron chi connectivity index (χ2n) is 6.62. The molecule has 0 aliphatic heterocycles. The zero-order valence-electron chi connectivity index (χ0n) is 13.5. The van der Waals surface area contributed by atoms with Gasteiger partial charge in [-0.25, -0.2) is 0 Å². The first-order chi connectivity index (χ1) is 9.95. The number of hydrogen-bond donors (Lipinski definition) is 1. The van der Waals surface area contributed by atoms with E-state index >= 15 is 0 Å². The van der Waals surface area contributed by atoms with E-state index in [9.17, 15) is 0 Å². The van der Waals surface area contributed by atoms with Crippen molar-refractivity contribution < 1.29 is 9.47 Å². The molecule has 118 valence electrons. The first-order valence-corrected chi connectivity index (χ1v) is 8.01. The summed E-state index contributed by atoms with van der Waals surface area (Å²) < 4.78 is 10.6. The molecule has 21 heavy (non-hydrogen) atoms. The number of ether oxygens (including phenoxy) is 2. The summed E-state index contributed by atoms with van der Waals surface area (Å²) in [5.74, 6) is 1.37. The SMILES string of the molecule is COc1cc(Cl)c(NC2CCCC(C)(C)CC2)cc1OC. The molecule has 1 fully saturated rings. The number of anilines is 1. The Balaban J connectivity index is 2.12.